The molecule has 8 heteroatoms. The summed E-state index contributed by atoms with van der Waals surface area (Å²) in [6.07, 6.45) is 4.53. The Morgan fingerprint density at radius 2 is 1.63 bits per heavy atom. The predicted octanol–water partition coefficient (Wildman–Crippen LogP) is 4.54. The zero-order chi connectivity index (χ0) is 19.2. The van der Waals surface area contributed by atoms with Crippen LogP contribution in [0, 0.1) is 13.8 Å². The van der Waals surface area contributed by atoms with E-state index in [1.165, 1.54) is 17.3 Å². The van der Waals surface area contributed by atoms with Crippen molar-refractivity contribution in [1.29, 1.82) is 0 Å². The van der Waals surface area contributed by atoms with Crippen molar-refractivity contribution in [3.8, 4) is 11.5 Å². The molecule has 27 heavy (non-hydrogen) atoms. The van der Waals surface area contributed by atoms with Gasteiger partial charge in [0.05, 0.1) is 11.2 Å². The summed E-state index contributed by atoms with van der Waals surface area (Å²) in [5.74, 6) is 1.30. The van der Waals surface area contributed by atoms with Crippen molar-refractivity contribution in [2.45, 2.75) is 13.8 Å². The first-order valence-electron chi connectivity index (χ1n) is 8.23. The Morgan fingerprint density at radius 3 is 2.33 bits per heavy atom. The normalized spacial score (nSPS) is 11.1. The van der Waals surface area contributed by atoms with Crippen LogP contribution in [0.2, 0.25) is 10.0 Å². The van der Waals surface area contributed by atoms with Gasteiger partial charge in [-0.3, -0.25) is 0 Å². The van der Waals surface area contributed by atoms with Gasteiger partial charge in [-0.25, -0.2) is 4.68 Å². The second-order valence-electron chi connectivity index (χ2n) is 5.91. The van der Waals surface area contributed by atoms with Crippen LogP contribution in [-0.2, 0) is 0 Å². The number of benzene rings is 2. The summed E-state index contributed by atoms with van der Waals surface area (Å²) in [5, 5.41) is 12.5. The zero-order valence-corrected chi connectivity index (χ0v) is 16.4. The van der Waals surface area contributed by atoms with E-state index in [1.54, 1.807) is 18.3 Å². The minimum absolute atomic E-state index is 0.321. The van der Waals surface area contributed by atoms with Gasteiger partial charge in [0.25, 0.3) is 0 Å². The molecule has 0 aliphatic carbocycles. The minimum Gasteiger partial charge on any atom is -0.490 e. The Balaban J connectivity index is 1.66. The van der Waals surface area contributed by atoms with Crippen LogP contribution in [0.1, 0.15) is 16.7 Å². The van der Waals surface area contributed by atoms with E-state index in [9.17, 15) is 0 Å². The van der Waals surface area contributed by atoms with Crippen molar-refractivity contribution in [3.05, 3.63) is 69.7 Å². The first kappa shape index (κ1) is 19.2. The van der Waals surface area contributed by atoms with Gasteiger partial charge in [0.15, 0.2) is 0 Å². The summed E-state index contributed by atoms with van der Waals surface area (Å²) < 4.78 is 13.1. The zero-order valence-electron chi connectivity index (χ0n) is 14.9. The Bertz CT molecular complexity index is 923. The molecule has 140 valence electrons. The molecule has 6 nitrogen and oxygen atoms in total. The Kier molecular flexibility index (Phi) is 6.32. The summed E-state index contributed by atoms with van der Waals surface area (Å²) >= 11 is 12.4. The van der Waals surface area contributed by atoms with Crippen molar-refractivity contribution >= 4 is 29.4 Å². The van der Waals surface area contributed by atoms with Crippen molar-refractivity contribution in [2.75, 3.05) is 13.2 Å². The molecule has 0 unspecified atom stereocenters. The van der Waals surface area contributed by atoms with E-state index in [-0.39, 0.29) is 0 Å². The topological polar surface area (TPSA) is 61.5 Å². The summed E-state index contributed by atoms with van der Waals surface area (Å²) in [6.45, 7) is 4.77. The quantitative estimate of drug-likeness (QED) is 0.428. The number of aromatic nitrogens is 3. The van der Waals surface area contributed by atoms with Crippen LogP contribution in [0.4, 0.5) is 0 Å². The molecule has 1 heterocycles. The van der Waals surface area contributed by atoms with Crippen molar-refractivity contribution in [2.24, 2.45) is 5.10 Å². The van der Waals surface area contributed by atoms with E-state index in [0.717, 1.165) is 16.9 Å². The smallest absolute Gasteiger partial charge is 0.147 e. The number of ether oxygens (including phenoxy) is 2. The van der Waals surface area contributed by atoms with E-state index >= 15 is 0 Å². The van der Waals surface area contributed by atoms with Gasteiger partial charge in [-0.15, -0.1) is 10.2 Å². The molecule has 0 aliphatic heterocycles. The highest BCUT2D eigenvalue weighted by Gasteiger charge is 2.10. The third kappa shape index (κ3) is 5.45. The molecule has 3 rings (SSSR count). The molecular formula is C19H18Cl2N4O2. The van der Waals surface area contributed by atoms with Gasteiger partial charge < -0.3 is 9.47 Å². The second kappa shape index (κ2) is 8.88. The minimum atomic E-state index is 0.321. The van der Waals surface area contributed by atoms with Gasteiger partial charge in [0, 0.05) is 10.6 Å². The van der Waals surface area contributed by atoms with Crippen LogP contribution < -0.4 is 9.47 Å². The maximum atomic E-state index is 6.29. The first-order valence-corrected chi connectivity index (χ1v) is 8.99. The molecule has 0 aliphatic rings. The summed E-state index contributed by atoms with van der Waals surface area (Å²) in [5.41, 5.74) is 2.95. The monoisotopic (exact) mass is 404 g/mol. The van der Waals surface area contributed by atoms with E-state index in [4.69, 9.17) is 32.7 Å². The molecule has 0 spiro atoms. The van der Waals surface area contributed by atoms with Gasteiger partial charge in [0.2, 0.25) is 0 Å². The van der Waals surface area contributed by atoms with Gasteiger partial charge in [-0.05, 0) is 49.2 Å². The molecule has 0 amide bonds. The van der Waals surface area contributed by atoms with Crippen LogP contribution in [0.5, 0.6) is 11.5 Å². The Morgan fingerprint density at radius 1 is 0.963 bits per heavy atom. The van der Waals surface area contributed by atoms with Crippen LogP contribution >= 0.6 is 23.2 Å². The molecule has 0 fully saturated rings. The molecule has 0 radical (unpaired) electrons. The lowest BCUT2D eigenvalue weighted by Crippen LogP contribution is -2.10. The number of hydrogen-bond donors (Lipinski definition) is 0. The molecular weight excluding hydrogens is 387 g/mol. The standard InChI is InChI=1S/C19H18Cl2N4O2/c1-13-5-14(2)7-17(6-13)26-3-4-27-19-15(8-16(20)9-18(19)21)10-24-25-11-22-23-12-25/h5-12H,3-4H2,1-2H3. The molecule has 0 saturated carbocycles. The fourth-order valence-corrected chi connectivity index (χ4v) is 3.10. The summed E-state index contributed by atoms with van der Waals surface area (Å²) in [6, 6.07) is 9.41. The SMILES string of the molecule is Cc1cc(C)cc(OCCOc2c(Cl)cc(Cl)cc2C=Nn2cnnc2)c1. The highest BCUT2D eigenvalue weighted by atomic mass is 35.5. The Labute approximate surface area is 167 Å². The third-order valence-electron chi connectivity index (χ3n) is 3.57. The number of rotatable bonds is 7. The van der Waals surface area contributed by atoms with E-state index < -0.39 is 0 Å². The molecule has 0 N–H and O–H groups in total. The molecule has 0 atom stereocenters. The molecule has 1 aromatic heterocycles. The largest absolute Gasteiger partial charge is 0.490 e. The number of nitrogens with zero attached hydrogens (tertiary/aromatic N) is 4. The van der Waals surface area contributed by atoms with Gasteiger partial charge in [-0.2, -0.15) is 5.10 Å². The highest BCUT2D eigenvalue weighted by Crippen LogP contribution is 2.31. The lowest BCUT2D eigenvalue weighted by molar-refractivity contribution is 0.217. The van der Waals surface area contributed by atoms with Gasteiger partial charge in [0.1, 0.15) is 37.4 Å². The van der Waals surface area contributed by atoms with E-state index in [1.807, 2.05) is 26.0 Å². The van der Waals surface area contributed by atoms with Crippen LogP contribution in [0.25, 0.3) is 0 Å². The Hall–Kier alpha value is -2.57. The molecule has 2 aromatic carbocycles. The second-order valence-corrected chi connectivity index (χ2v) is 6.76. The molecule has 3 aromatic rings. The number of aryl methyl sites for hydroxylation is 2. The number of hydrogen-bond acceptors (Lipinski definition) is 5. The highest BCUT2D eigenvalue weighted by molar-refractivity contribution is 6.36. The van der Waals surface area contributed by atoms with Crippen LogP contribution in [0.3, 0.4) is 0 Å². The lowest BCUT2D eigenvalue weighted by atomic mass is 10.1. The van der Waals surface area contributed by atoms with Crippen LogP contribution in [0.15, 0.2) is 48.1 Å². The average Bonchev–Trinajstić information content (AvgIpc) is 3.11. The fraction of sp³-hybridized carbons (Fsp3) is 0.211. The van der Waals surface area contributed by atoms with Crippen molar-refractivity contribution < 1.29 is 9.47 Å². The van der Waals surface area contributed by atoms with Gasteiger partial charge >= 0.3 is 0 Å². The molecule has 0 bridgehead atoms. The van der Waals surface area contributed by atoms with E-state index in [2.05, 4.69) is 21.4 Å². The maximum absolute atomic E-state index is 6.29. The van der Waals surface area contributed by atoms with E-state index in [0.29, 0.717) is 34.6 Å². The molecule has 0 saturated heterocycles. The maximum Gasteiger partial charge on any atom is 0.147 e. The van der Waals surface area contributed by atoms with Crippen LogP contribution in [-0.4, -0.2) is 34.3 Å². The summed E-state index contributed by atoms with van der Waals surface area (Å²) in [7, 11) is 0. The number of halogens is 2. The lowest BCUT2D eigenvalue weighted by Gasteiger charge is -2.13. The fourth-order valence-electron chi connectivity index (χ4n) is 2.53. The first-order chi connectivity index (χ1) is 13.0. The summed E-state index contributed by atoms with van der Waals surface area (Å²) in [4.78, 5) is 0. The van der Waals surface area contributed by atoms with Crippen molar-refractivity contribution in [3.63, 3.8) is 0 Å². The third-order valence-corrected chi connectivity index (χ3v) is 4.07. The average molecular weight is 405 g/mol. The predicted molar refractivity (Wildman–Crippen MR) is 106 cm³/mol. The van der Waals surface area contributed by atoms with Gasteiger partial charge in [-0.1, -0.05) is 29.3 Å². The van der Waals surface area contributed by atoms with Crippen molar-refractivity contribution in [1.82, 2.24) is 14.9 Å².